The zero-order chi connectivity index (χ0) is 22.4. The Hall–Kier alpha value is -2.73. The summed E-state index contributed by atoms with van der Waals surface area (Å²) in [5.74, 6) is -0.366. The molecule has 162 valence electrons. The molecular weight excluding hydrogens is 378 g/mol. The van der Waals surface area contributed by atoms with E-state index >= 15 is 0 Å². The second-order valence-corrected chi connectivity index (χ2v) is 8.57. The SMILES string of the molecule is Cc1ccc(CNC(CC(C)C)C(=O)O)cc1N=C(c1c[nH]c(=O)c(C)c1)C(C)C. The Morgan fingerprint density at radius 2 is 1.83 bits per heavy atom. The number of aliphatic imine (C=N–C) groups is 1. The minimum absolute atomic E-state index is 0.0968. The molecule has 1 unspecified atom stereocenters. The van der Waals surface area contributed by atoms with Crippen molar-refractivity contribution in [3.63, 3.8) is 0 Å². The number of nitrogens with zero attached hydrogens (tertiary/aromatic N) is 1. The summed E-state index contributed by atoms with van der Waals surface area (Å²) in [6.07, 6.45) is 2.29. The fraction of sp³-hybridized carbons (Fsp3) is 0.458. The molecule has 0 bridgehead atoms. The van der Waals surface area contributed by atoms with E-state index in [2.05, 4.69) is 24.1 Å². The highest BCUT2D eigenvalue weighted by Gasteiger charge is 2.18. The molecular formula is C24H33N3O3. The van der Waals surface area contributed by atoms with E-state index in [0.717, 1.165) is 28.1 Å². The average Bonchev–Trinajstić information content (AvgIpc) is 2.66. The molecule has 3 N–H and O–H groups in total. The number of rotatable bonds is 9. The molecule has 0 fully saturated rings. The van der Waals surface area contributed by atoms with Crippen LogP contribution in [0.3, 0.4) is 0 Å². The molecule has 1 heterocycles. The summed E-state index contributed by atoms with van der Waals surface area (Å²) in [6.45, 7) is 12.4. The lowest BCUT2D eigenvalue weighted by Crippen LogP contribution is -2.37. The van der Waals surface area contributed by atoms with Gasteiger partial charge in [-0.05, 0) is 55.4 Å². The van der Waals surface area contributed by atoms with Crippen LogP contribution in [-0.4, -0.2) is 27.8 Å². The smallest absolute Gasteiger partial charge is 0.320 e. The van der Waals surface area contributed by atoms with Crippen LogP contribution >= 0.6 is 0 Å². The number of carboxylic acid groups (broad SMARTS) is 1. The van der Waals surface area contributed by atoms with Crippen molar-refractivity contribution in [2.24, 2.45) is 16.8 Å². The Morgan fingerprint density at radius 3 is 2.40 bits per heavy atom. The van der Waals surface area contributed by atoms with E-state index in [0.29, 0.717) is 24.4 Å². The number of aliphatic carboxylic acids is 1. The average molecular weight is 412 g/mol. The van der Waals surface area contributed by atoms with Gasteiger partial charge in [-0.2, -0.15) is 0 Å². The first-order chi connectivity index (χ1) is 14.1. The highest BCUT2D eigenvalue weighted by molar-refractivity contribution is 6.03. The van der Waals surface area contributed by atoms with Crippen LogP contribution in [-0.2, 0) is 11.3 Å². The molecule has 0 amide bonds. The maximum atomic E-state index is 11.7. The molecule has 1 aromatic heterocycles. The quantitative estimate of drug-likeness (QED) is 0.535. The van der Waals surface area contributed by atoms with Gasteiger partial charge in [0, 0.05) is 23.9 Å². The minimum atomic E-state index is -0.829. The van der Waals surface area contributed by atoms with Crippen molar-refractivity contribution in [2.45, 2.75) is 60.5 Å². The predicted octanol–water partition coefficient (Wildman–Crippen LogP) is 4.36. The van der Waals surface area contributed by atoms with Crippen molar-refractivity contribution in [2.75, 3.05) is 0 Å². The predicted molar refractivity (Wildman–Crippen MR) is 122 cm³/mol. The van der Waals surface area contributed by atoms with E-state index in [1.54, 1.807) is 13.1 Å². The number of H-pyrrole nitrogens is 1. The fourth-order valence-corrected chi connectivity index (χ4v) is 3.27. The van der Waals surface area contributed by atoms with E-state index in [1.807, 2.05) is 45.0 Å². The molecule has 6 nitrogen and oxygen atoms in total. The third-order valence-electron chi connectivity index (χ3n) is 5.00. The number of hydrogen-bond acceptors (Lipinski definition) is 4. The zero-order valence-electron chi connectivity index (χ0n) is 18.7. The molecule has 2 aromatic rings. The number of hydrogen-bond donors (Lipinski definition) is 3. The van der Waals surface area contributed by atoms with Gasteiger partial charge in [0.15, 0.2) is 0 Å². The van der Waals surface area contributed by atoms with Crippen molar-refractivity contribution in [3.05, 3.63) is 63.1 Å². The highest BCUT2D eigenvalue weighted by atomic mass is 16.4. The first kappa shape index (κ1) is 23.5. The zero-order valence-corrected chi connectivity index (χ0v) is 18.7. The molecule has 1 aromatic carbocycles. The Labute approximate surface area is 178 Å². The summed E-state index contributed by atoms with van der Waals surface area (Å²) in [6, 6.07) is 7.28. The largest absolute Gasteiger partial charge is 0.480 e. The molecule has 0 aliphatic heterocycles. The lowest BCUT2D eigenvalue weighted by molar-refractivity contribution is -0.140. The van der Waals surface area contributed by atoms with Gasteiger partial charge in [0.25, 0.3) is 5.56 Å². The van der Waals surface area contributed by atoms with Crippen molar-refractivity contribution in [1.82, 2.24) is 10.3 Å². The molecule has 1 atom stereocenters. The Morgan fingerprint density at radius 1 is 1.13 bits per heavy atom. The number of aromatic amines is 1. The van der Waals surface area contributed by atoms with Crippen LogP contribution in [0.5, 0.6) is 0 Å². The van der Waals surface area contributed by atoms with Crippen LogP contribution < -0.4 is 10.9 Å². The van der Waals surface area contributed by atoms with Crippen molar-refractivity contribution >= 4 is 17.4 Å². The van der Waals surface area contributed by atoms with Crippen LogP contribution in [0.4, 0.5) is 5.69 Å². The summed E-state index contributed by atoms with van der Waals surface area (Å²) in [4.78, 5) is 30.9. The maximum absolute atomic E-state index is 11.7. The molecule has 0 spiro atoms. The summed E-state index contributed by atoms with van der Waals surface area (Å²) >= 11 is 0. The van der Waals surface area contributed by atoms with Crippen LogP contribution in [0.1, 0.15) is 56.4 Å². The third-order valence-corrected chi connectivity index (χ3v) is 5.00. The van der Waals surface area contributed by atoms with Crippen LogP contribution in [0, 0.1) is 25.7 Å². The normalized spacial score (nSPS) is 13.1. The second kappa shape index (κ2) is 10.3. The summed E-state index contributed by atoms with van der Waals surface area (Å²) in [7, 11) is 0. The lowest BCUT2D eigenvalue weighted by Gasteiger charge is -2.17. The first-order valence-corrected chi connectivity index (χ1v) is 10.4. The van der Waals surface area contributed by atoms with Gasteiger partial charge < -0.3 is 15.4 Å². The maximum Gasteiger partial charge on any atom is 0.320 e. The molecule has 30 heavy (non-hydrogen) atoms. The van der Waals surface area contributed by atoms with E-state index in [4.69, 9.17) is 4.99 Å². The van der Waals surface area contributed by atoms with Crippen LogP contribution in [0.2, 0.25) is 0 Å². The number of benzene rings is 1. The van der Waals surface area contributed by atoms with E-state index < -0.39 is 12.0 Å². The summed E-state index contributed by atoms with van der Waals surface area (Å²) in [5, 5.41) is 12.6. The van der Waals surface area contributed by atoms with Gasteiger partial charge in [-0.15, -0.1) is 0 Å². The van der Waals surface area contributed by atoms with Crippen molar-refractivity contribution in [3.8, 4) is 0 Å². The number of pyridine rings is 1. The minimum Gasteiger partial charge on any atom is -0.480 e. The summed E-state index contributed by atoms with van der Waals surface area (Å²) < 4.78 is 0. The molecule has 0 aliphatic rings. The van der Waals surface area contributed by atoms with Gasteiger partial charge in [0.1, 0.15) is 6.04 Å². The monoisotopic (exact) mass is 411 g/mol. The fourth-order valence-electron chi connectivity index (χ4n) is 3.27. The molecule has 0 saturated carbocycles. The van der Waals surface area contributed by atoms with Gasteiger partial charge in [-0.3, -0.25) is 14.6 Å². The van der Waals surface area contributed by atoms with Gasteiger partial charge >= 0.3 is 5.97 Å². The second-order valence-electron chi connectivity index (χ2n) is 8.57. The molecule has 6 heteroatoms. The third kappa shape index (κ3) is 6.39. The standard InChI is InChI=1S/C24H33N3O3/c1-14(2)9-21(24(29)30)25-12-18-8-7-16(5)20(11-18)27-22(15(3)4)19-10-17(6)23(28)26-13-19/h7-8,10-11,13-15,21,25H,9,12H2,1-6H3,(H,26,28)(H,29,30). The first-order valence-electron chi connectivity index (χ1n) is 10.4. The molecule has 2 rings (SSSR count). The Kier molecular flexibility index (Phi) is 8.12. The Bertz CT molecular complexity index is 974. The number of carboxylic acids is 1. The van der Waals surface area contributed by atoms with Gasteiger partial charge in [-0.25, -0.2) is 0 Å². The van der Waals surface area contributed by atoms with E-state index in [1.165, 1.54) is 0 Å². The Balaban J connectivity index is 2.33. The van der Waals surface area contributed by atoms with E-state index in [-0.39, 0.29) is 11.5 Å². The van der Waals surface area contributed by atoms with Crippen molar-refractivity contribution in [1.29, 1.82) is 0 Å². The lowest BCUT2D eigenvalue weighted by atomic mass is 9.99. The number of carbonyl (C=O) groups is 1. The molecule has 0 saturated heterocycles. The van der Waals surface area contributed by atoms with Gasteiger partial charge in [0.2, 0.25) is 0 Å². The van der Waals surface area contributed by atoms with Gasteiger partial charge in [0.05, 0.1) is 11.4 Å². The highest BCUT2D eigenvalue weighted by Crippen LogP contribution is 2.24. The van der Waals surface area contributed by atoms with Crippen LogP contribution in [0.25, 0.3) is 0 Å². The summed E-state index contributed by atoms with van der Waals surface area (Å²) in [5.41, 5.74) is 5.21. The van der Waals surface area contributed by atoms with Crippen LogP contribution in [0.15, 0.2) is 40.2 Å². The number of nitrogens with one attached hydrogen (secondary N) is 2. The molecule has 0 aliphatic carbocycles. The topological polar surface area (TPSA) is 94.5 Å². The van der Waals surface area contributed by atoms with Gasteiger partial charge in [-0.1, -0.05) is 39.8 Å². The number of aryl methyl sites for hydroxylation is 2. The number of aromatic nitrogens is 1. The molecule has 0 radical (unpaired) electrons. The van der Waals surface area contributed by atoms with E-state index in [9.17, 15) is 14.7 Å². The van der Waals surface area contributed by atoms with Crippen molar-refractivity contribution < 1.29 is 9.90 Å².